The van der Waals surface area contributed by atoms with Gasteiger partial charge in [0.2, 0.25) is 15.9 Å². The summed E-state index contributed by atoms with van der Waals surface area (Å²) >= 11 is 7.45. The SMILES string of the molecule is O=C(CSc1ncc2ccccn12)Nc1ccc(Cl)c(S(=O)(=O)N2CCOCC2)c1. The van der Waals surface area contributed by atoms with Crippen LogP contribution in [0.1, 0.15) is 0 Å². The van der Waals surface area contributed by atoms with Crippen molar-refractivity contribution in [3.63, 3.8) is 0 Å². The summed E-state index contributed by atoms with van der Waals surface area (Å²) in [6.45, 7) is 1.22. The van der Waals surface area contributed by atoms with E-state index in [1.165, 1.54) is 28.2 Å². The number of imidazole rings is 1. The number of thioether (sulfide) groups is 1. The Kier molecular flexibility index (Phi) is 6.30. The summed E-state index contributed by atoms with van der Waals surface area (Å²) in [6.07, 6.45) is 3.62. The smallest absolute Gasteiger partial charge is 0.244 e. The first-order chi connectivity index (χ1) is 14.4. The molecule has 0 radical (unpaired) electrons. The van der Waals surface area contributed by atoms with Crippen molar-refractivity contribution in [2.45, 2.75) is 10.1 Å². The van der Waals surface area contributed by atoms with Gasteiger partial charge in [-0.3, -0.25) is 9.20 Å². The molecule has 0 saturated carbocycles. The lowest BCUT2D eigenvalue weighted by Crippen LogP contribution is -2.40. The van der Waals surface area contributed by atoms with Gasteiger partial charge in [-0.05, 0) is 30.3 Å². The quantitative estimate of drug-likeness (QED) is 0.561. The van der Waals surface area contributed by atoms with Crippen molar-refractivity contribution in [1.82, 2.24) is 13.7 Å². The summed E-state index contributed by atoms with van der Waals surface area (Å²) in [4.78, 5) is 16.7. The Morgan fingerprint density at radius 2 is 2.03 bits per heavy atom. The van der Waals surface area contributed by atoms with Crippen LogP contribution >= 0.6 is 23.4 Å². The number of halogens is 1. The van der Waals surface area contributed by atoms with E-state index in [9.17, 15) is 13.2 Å². The minimum absolute atomic E-state index is 0.0317. The summed E-state index contributed by atoms with van der Waals surface area (Å²) in [5, 5.41) is 3.54. The zero-order chi connectivity index (χ0) is 21.1. The van der Waals surface area contributed by atoms with Crippen LogP contribution in [0.25, 0.3) is 5.52 Å². The van der Waals surface area contributed by atoms with E-state index < -0.39 is 10.0 Å². The molecular weight excluding hydrogens is 448 g/mol. The fourth-order valence-electron chi connectivity index (χ4n) is 3.06. The Bertz CT molecular complexity index is 1180. The monoisotopic (exact) mass is 466 g/mol. The van der Waals surface area contributed by atoms with E-state index >= 15 is 0 Å². The fraction of sp³-hybridized carbons (Fsp3) is 0.263. The van der Waals surface area contributed by atoms with Gasteiger partial charge >= 0.3 is 0 Å². The van der Waals surface area contributed by atoms with Crippen molar-refractivity contribution >= 4 is 50.5 Å². The Labute approximate surface area is 183 Å². The number of hydrogen-bond donors (Lipinski definition) is 1. The van der Waals surface area contributed by atoms with Gasteiger partial charge in [-0.25, -0.2) is 13.4 Å². The summed E-state index contributed by atoms with van der Waals surface area (Å²) < 4.78 is 34.3. The van der Waals surface area contributed by atoms with Gasteiger partial charge in [0.1, 0.15) is 4.90 Å². The molecule has 0 spiro atoms. The molecular formula is C19H19ClN4O4S2. The van der Waals surface area contributed by atoms with Crippen molar-refractivity contribution in [1.29, 1.82) is 0 Å². The van der Waals surface area contributed by atoms with Crippen LogP contribution in [0.3, 0.4) is 0 Å². The highest BCUT2D eigenvalue weighted by Crippen LogP contribution is 2.28. The van der Waals surface area contributed by atoms with E-state index in [0.29, 0.717) is 24.1 Å². The molecule has 1 fully saturated rings. The van der Waals surface area contributed by atoms with Gasteiger partial charge in [0.05, 0.1) is 35.7 Å². The predicted molar refractivity (Wildman–Crippen MR) is 116 cm³/mol. The number of morpholine rings is 1. The van der Waals surface area contributed by atoms with Crippen molar-refractivity contribution in [2.24, 2.45) is 0 Å². The maximum atomic E-state index is 12.9. The molecule has 11 heteroatoms. The molecule has 0 aliphatic carbocycles. The van der Waals surface area contributed by atoms with Crippen LogP contribution in [0.15, 0.2) is 58.8 Å². The molecule has 0 atom stereocenters. The number of fused-ring (bicyclic) bond motifs is 1. The minimum atomic E-state index is -3.77. The Balaban J connectivity index is 1.45. The van der Waals surface area contributed by atoms with Gasteiger partial charge in [-0.15, -0.1) is 0 Å². The van der Waals surface area contributed by atoms with Crippen LogP contribution < -0.4 is 5.32 Å². The second kappa shape index (κ2) is 8.94. The van der Waals surface area contributed by atoms with E-state index in [1.54, 1.807) is 12.3 Å². The topological polar surface area (TPSA) is 93.0 Å². The third kappa shape index (κ3) is 4.47. The van der Waals surface area contributed by atoms with Crippen molar-refractivity contribution < 1.29 is 17.9 Å². The number of hydrogen-bond acceptors (Lipinski definition) is 6. The standard InChI is InChI=1S/C19H19ClN4O4S2/c20-16-5-4-14(11-17(16)30(26,27)23-7-9-28-10-8-23)22-18(25)13-29-19-21-12-15-3-1-2-6-24(15)19/h1-6,11-12H,7-10,13H2,(H,22,25). The zero-order valence-corrected chi connectivity index (χ0v) is 18.2. The third-order valence-electron chi connectivity index (χ3n) is 4.54. The number of anilines is 1. The number of benzene rings is 1. The zero-order valence-electron chi connectivity index (χ0n) is 15.8. The molecule has 8 nitrogen and oxygen atoms in total. The lowest BCUT2D eigenvalue weighted by molar-refractivity contribution is -0.113. The second-order valence-corrected chi connectivity index (χ2v) is 9.79. The summed E-state index contributed by atoms with van der Waals surface area (Å²) in [7, 11) is -3.77. The summed E-state index contributed by atoms with van der Waals surface area (Å²) in [5.41, 5.74) is 1.31. The Morgan fingerprint density at radius 1 is 1.23 bits per heavy atom. The molecule has 1 aliphatic rings. The number of aromatic nitrogens is 2. The largest absolute Gasteiger partial charge is 0.379 e. The van der Waals surface area contributed by atoms with E-state index in [0.717, 1.165) is 5.52 Å². The number of pyridine rings is 1. The maximum absolute atomic E-state index is 12.9. The molecule has 1 N–H and O–H groups in total. The lowest BCUT2D eigenvalue weighted by Gasteiger charge is -2.26. The molecule has 1 aliphatic heterocycles. The van der Waals surface area contributed by atoms with E-state index in [4.69, 9.17) is 16.3 Å². The van der Waals surface area contributed by atoms with Crippen LogP contribution in [0.2, 0.25) is 5.02 Å². The summed E-state index contributed by atoms with van der Waals surface area (Å²) in [5.74, 6) is -0.146. The summed E-state index contributed by atoms with van der Waals surface area (Å²) in [6, 6.07) is 10.2. The van der Waals surface area contributed by atoms with Gasteiger partial charge in [-0.2, -0.15) is 4.31 Å². The highest BCUT2D eigenvalue weighted by Gasteiger charge is 2.28. The van der Waals surface area contributed by atoms with Crippen molar-refractivity contribution in [3.8, 4) is 0 Å². The minimum Gasteiger partial charge on any atom is -0.379 e. The first kappa shape index (κ1) is 21.1. The van der Waals surface area contributed by atoms with Crippen LogP contribution in [-0.2, 0) is 19.6 Å². The van der Waals surface area contributed by atoms with Gasteiger partial charge in [0.25, 0.3) is 0 Å². The average molecular weight is 467 g/mol. The second-order valence-electron chi connectivity index (χ2n) is 6.53. The number of sulfonamides is 1. The van der Waals surface area contributed by atoms with Crippen LogP contribution in [0.4, 0.5) is 5.69 Å². The molecule has 1 aromatic carbocycles. The van der Waals surface area contributed by atoms with E-state index in [1.807, 2.05) is 28.8 Å². The molecule has 4 rings (SSSR count). The number of nitrogens with one attached hydrogen (secondary N) is 1. The molecule has 3 aromatic rings. The average Bonchev–Trinajstić information content (AvgIpc) is 3.17. The highest BCUT2D eigenvalue weighted by atomic mass is 35.5. The molecule has 2 aromatic heterocycles. The third-order valence-corrected chi connectivity index (χ3v) is 7.89. The van der Waals surface area contributed by atoms with E-state index in [2.05, 4.69) is 10.3 Å². The van der Waals surface area contributed by atoms with Crippen LogP contribution in [-0.4, -0.2) is 60.1 Å². The van der Waals surface area contributed by atoms with Gasteiger partial charge in [0.15, 0.2) is 5.16 Å². The lowest BCUT2D eigenvalue weighted by atomic mass is 10.3. The molecule has 1 amide bonds. The molecule has 3 heterocycles. The van der Waals surface area contributed by atoms with Gasteiger partial charge in [-0.1, -0.05) is 29.4 Å². The molecule has 1 saturated heterocycles. The number of amides is 1. The molecule has 0 bridgehead atoms. The normalized spacial score (nSPS) is 15.4. The molecule has 0 unspecified atom stereocenters. The van der Waals surface area contributed by atoms with E-state index in [-0.39, 0.29) is 34.7 Å². The number of ether oxygens (including phenoxy) is 1. The molecule has 30 heavy (non-hydrogen) atoms. The molecule has 158 valence electrons. The first-order valence-corrected chi connectivity index (χ1v) is 12.0. The predicted octanol–water partition coefficient (Wildman–Crippen LogP) is 2.74. The van der Waals surface area contributed by atoms with Crippen molar-refractivity contribution in [3.05, 3.63) is 53.8 Å². The van der Waals surface area contributed by atoms with Crippen LogP contribution in [0, 0.1) is 0 Å². The van der Waals surface area contributed by atoms with Gasteiger partial charge < -0.3 is 10.1 Å². The fourth-order valence-corrected chi connectivity index (χ4v) is 5.73. The first-order valence-electron chi connectivity index (χ1n) is 9.17. The number of carbonyl (C=O) groups is 1. The number of rotatable bonds is 6. The van der Waals surface area contributed by atoms with Crippen LogP contribution in [0.5, 0.6) is 0 Å². The Morgan fingerprint density at radius 3 is 2.83 bits per heavy atom. The Hall–Kier alpha value is -2.11. The highest BCUT2D eigenvalue weighted by molar-refractivity contribution is 7.99. The maximum Gasteiger partial charge on any atom is 0.244 e. The number of nitrogens with zero attached hydrogens (tertiary/aromatic N) is 3. The number of carbonyl (C=O) groups excluding carboxylic acids is 1. The van der Waals surface area contributed by atoms with Crippen molar-refractivity contribution in [2.75, 3.05) is 37.4 Å². The van der Waals surface area contributed by atoms with Gasteiger partial charge in [0, 0.05) is 25.0 Å².